The zero-order chi connectivity index (χ0) is 21.9. The van der Waals surface area contributed by atoms with Gasteiger partial charge in [-0.2, -0.15) is 13.2 Å². The number of aromatic nitrogens is 3. The molecule has 3 rings (SSSR count). The molecule has 1 N–H and O–H groups in total. The standard InChI is InChI=1S/C18H16ClF3N4O3S/c1-2-9-30(27,28)26-16-17(25-13-6-4-3-5-12(13)24-16)29-15(18(20,21)22)11-7-8-14(19)23-10-11/h3-8,10,15H,2,9H2,1H3,(H,24,26). The number of para-hydroxylation sites is 2. The van der Waals surface area contributed by atoms with Crippen LogP contribution in [0.3, 0.4) is 0 Å². The predicted molar refractivity (Wildman–Crippen MR) is 106 cm³/mol. The highest BCUT2D eigenvalue weighted by Crippen LogP contribution is 2.38. The number of benzene rings is 1. The molecule has 2 heterocycles. The van der Waals surface area contributed by atoms with Crippen LogP contribution in [0.4, 0.5) is 19.0 Å². The lowest BCUT2D eigenvalue weighted by atomic mass is 10.1. The molecule has 3 aromatic rings. The van der Waals surface area contributed by atoms with Gasteiger partial charge in [-0.25, -0.2) is 23.4 Å². The molecule has 0 saturated carbocycles. The first-order valence-electron chi connectivity index (χ1n) is 8.71. The zero-order valence-corrected chi connectivity index (χ0v) is 17.1. The minimum atomic E-state index is -4.84. The molecule has 0 aliphatic heterocycles. The number of fused-ring (bicyclic) bond motifs is 1. The maximum absolute atomic E-state index is 13.7. The van der Waals surface area contributed by atoms with Crippen molar-refractivity contribution in [1.29, 1.82) is 0 Å². The van der Waals surface area contributed by atoms with Crippen LogP contribution in [0.2, 0.25) is 5.15 Å². The number of ether oxygens (including phenoxy) is 1. The maximum atomic E-state index is 13.7. The topological polar surface area (TPSA) is 94.1 Å². The first-order chi connectivity index (χ1) is 14.1. The summed E-state index contributed by atoms with van der Waals surface area (Å²) in [5.41, 5.74) is 0.195. The lowest BCUT2D eigenvalue weighted by Gasteiger charge is -2.22. The zero-order valence-electron chi connectivity index (χ0n) is 15.5. The third-order valence-corrected chi connectivity index (χ3v) is 5.52. The quantitative estimate of drug-likeness (QED) is 0.521. The van der Waals surface area contributed by atoms with Gasteiger partial charge in [-0.15, -0.1) is 0 Å². The van der Waals surface area contributed by atoms with E-state index >= 15 is 0 Å². The number of hydrogen-bond acceptors (Lipinski definition) is 6. The van der Waals surface area contributed by atoms with E-state index in [1.165, 1.54) is 12.1 Å². The Morgan fingerprint density at radius 2 is 1.80 bits per heavy atom. The van der Waals surface area contributed by atoms with E-state index in [4.69, 9.17) is 16.3 Å². The van der Waals surface area contributed by atoms with Crippen LogP contribution in [0.15, 0.2) is 42.6 Å². The summed E-state index contributed by atoms with van der Waals surface area (Å²) in [6, 6.07) is 8.63. The summed E-state index contributed by atoms with van der Waals surface area (Å²) in [5.74, 6) is -1.28. The summed E-state index contributed by atoms with van der Waals surface area (Å²) >= 11 is 5.65. The molecule has 7 nitrogen and oxygen atoms in total. The van der Waals surface area contributed by atoms with Crippen molar-refractivity contribution in [3.63, 3.8) is 0 Å². The Bertz CT molecular complexity index is 1140. The minimum absolute atomic E-state index is 0.0122. The molecule has 12 heteroatoms. The first-order valence-corrected chi connectivity index (χ1v) is 10.7. The number of pyridine rings is 1. The summed E-state index contributed by atoms with van der Waals surface area (Å²) in [5, 5.41) is 0.0122. The molecule has 1 atom stereocenters. The van der Waals surface area contributed by atoms with E-state index in [0.29, 0.717) is 6.42 Å². The second kappa shape index (κ2) is 8.60. The van der Waals surface area contributed by atoms with Gasteiger partial charge in [0.25, 0.3) is 5.88 Å². The van der Waals surface area contributed by atoms with Gasteiger partial charge in [0.05, 0.1) is 16.8 Å². The number of anilines is 1. The highest BCUT2D eigenvalue weighted by molar-refractivity contribution is 7.92. The fraction of sp³-hybridized carbons (Fsp3) is 0.278. The summed E-state index contributed by atoms with van der Waals surface area (Å²) in [6.07, 6.45) is -6.08. The Hall–Kier alpha value is -2.66. The average Bonchev–Trinajstić information content (AvgIpc) is 2.66. The van der Waals surface area contributed by atoms with E-state index in [2.05, 4.69) is 19.7 Å². The smallest absolute Gasteiger partial charge is 0.429 e. The number of hydrogen-bond donors (Lipinski definition) is 1. The van der Waals surface area contributed by atoms with Crippen molar-refractivity contribution in [2.24, 2.45) is 0 Å². The fourth-order valence-corrected chi connectivity index (χ4v) is 3.76. The van der Waals surface area contributed by atoms with Crippen molar-refractivity contribution in [2.75, 3.05) is 10.5 Å². The van der Waals surface area contributed by atoms with Gasteiger partial charge in [-0.05, 0) is 24.6 Å². The van der Waals surface area contributed by atoms with Crippen LogP contribution < -0.4 is 9.46 Å². The van der Waals surface area contributed by atoms with Gasteiger partial charge in [-0.1, -0.05) is 36.7 Å². The Labute approximate surface area is 175 Å². The number of rotatable bonds is 7. The lowest BCUT2D eigenvalue weighted by molar-refractivity contribution is -0.198. The monoisotopic (exact) mass is 460 g/mol. The van der Waals surface area contributed by atoms with Crippen LogP contribution in [-0.2, 0) is 10.0 Å². The molecule has 2 aromatic heterocycles. The van der Waals surface area contributed by atoms with Gasteiger partial charge >= 0.3 is 6.18 Å². The largest absolute Gasteiger partial charge is 0.457 e. The molecule has 1 unspecified atom stereocenters. The SMILES string of the molecule is CCCS(=O)(=O)Nc1nc2ccccc2nc1OC(c1ccc(Cl)nc1)C(F)(F)F. The Morgan fingerprint density at radius 1 is 1.13 bits per heavy atom. The van der Waals surface area contributed by atoms with Gasteiger partial charge in [0.1, 0.15) is 5.15 Å². The highest BCUT2D eigenvalue weighted by atomic mass is 35.5. The van der Waals surface area contributed by atoms with Crippen molar-refractivity contribution >= 4 is 38.5 Å². The second-order valence-electron chi connectivity index (χ2n) is 6.24. The molecule has 0 saturated heterocycles. The van der Waals surface area contributed by atoms with Crippen molar-refractivity contribution in [3.05, 3.63) is 53.3 Å². The van der Waals surface area contributed by atoms with E-state index < -0.39 is 34.0 Å². The highest BCUT2D eigenvalue weighted by Gasteiger charge is 2.44. The van der Waals surface area contributed by atoms with Gasteiger partial charge in [0.2, 0.25) is 21.9 Å². The van der Waals surface area contributed by atoms with Crippen LogP contribution in [-0.4, -0.2) is 35.3 Å². The van der Waals surface area contributed by atoms with Crippen molar-refractivity contribution in [3.8, 4) is 5.88 Å². The third kappa shape index (κ3) is 5.28. The van der Waals surface area contributed by atoms with Crippen molar-refractivity contribution in [1.82, 2.24) is 15.0 Å². The molecule has 160 valence electrons. The van der Waals surface area contributed by atoms with Gasteiger partial charge in [0, 0.05) is 11.8 Å². The van der Waals surface area contributed by atoms with E-state index in [0.717, 1.165) is 12.3 Å². The first kappa shape index (κ1) is 22.0. The van der Waals surface area contributed by atoms with Crippen molar-refractivity contribution in [2.45, 2.75) is 25.6 Å². The normalized spacial score (nSPS) is 13.2. The van der Waals surface area contributed by atoms with Crippen molar-refractivity contribution < 1.29 is 26.3 Å². The number of nitrogens with zero attached hydrogens (tertiary/aromatic N) is 3. The van der Waals surface area contributed by atoms with Gasteiger partial charge < -0.3 is 4.74 Å². The maximum Gasteiger partial charge on any atom is 0.429 e. The van der Waals surface area contributed by atoms with Crippen LogP contribution in [0.25, 0.3) is 11.0 Å². The van der Waals surface area contributed by atoms with Crippen LogP contribution in [0.1, 0.15) is 25.0 Å². The number of alkyl halides is 3. The summed E-state index contributed by atoms with van der Waals surface area (Å²) < 4.78 is 72.9. The lowest BCUT2D eigenvalue weighted by Crippen LogP contribution is -2.27. The Kier molecular flexibility index (Phi) is 6.32. The molecule has 30 heavy (non-hydrogen) atoms. The second-order valence-corrected chi connectivity index (χ2v) is 8.47. The molecule has 1 aromatic carbocycles. The average molecular weight is 461 g/mol. The van der Waals surface area contributed by atoms with E-state index in [1.807, 2.05) is 0 Å². The molecule has 0 fully saturated rings. The molecule has 0 radical (unpaired) electrons. The molecule has 0 aliphatic carbocycles. The number of nitrogens with one attached hydrogen (secondary N) is 1. The minimum Gasteiger partial charge on any atom is -0.457 e. The molecule has 0 spiro atoms. The Morgan fingerprint density at radius 3 is 2.37 bits per heavy atom. The molecular weight excluding hydrogens is 445 g/mol. The third-order valence-electron chi connectivity index (χ3n) is 3.84. The van der Waals surface area contributed by atoms with Gasteiger partial charge in [-0.3, -0.25) is 4.72 Å². The summed E-state index contributed by atoms with van der Waals surface area (Å²) in [4.78, 5) is 11.8. The predicted octanol–water partition coefficient (Wildman–Crippen LogP) is 4.51. The van der Waals surface area contributed by atoms with Gasteiger partial charge in [0.15, 0.2) is 0 Å². The number of sulfonamides is 1. The molecule has 0 amide bonds. The molecule has 0 bridgehead atoms. The van der Waals surface area contributed by atoms with E-state index in [1.54, 1.807) is 25.1 Å². The fourth-order valence-electron chi connectivity index (χ4n) is 2.58. The van der Waals surface area contributed by atoms with E-state index in [-0.39, 0.29) is 27.5 Å². The van der Waals surface area contributed by atoms with Crippen LogP contribution >= 0.6 is 11.6 Å². The molecular formula is C18H16ClF3N4O3S. The summed E-state index contributed by atoms with van der Waals surface area (Å²) in [7, 11) is -3.86. The van der Waals surface area contributed by atoms with Crippen LogP contribution in [0.5, 0.6) is 5.88 Å². The van der Waals surface area contributed by atoms with E-state index in [9.17, 15) is 21.6 Å². The Balaban J connectivity index is 2.09. The number of halogens is 4. The summed E-state index contributed by atoms with van der Waals surface area (Å²) in [6.45, 7) is 1.65. The van der Waals surface area contributed by atoms with Crippen LogP contribution in [0, 0.1) is 0 Å². The molecule has 0 aliphatic rings.